The van der Waals surface area contributed by atoms with Crippen LogP contribution in [-0.2, 0) is 5.54 Å². The van der Waals surface area contributed by atoms with Crippen molar-refractivity contribution in [3.8, 4) is 0 Å². The zero-order valence-corrected chi connectivity index (χ0v) is 6.51. The minimum absolute atomic E-state index is 0.464. The Labute approximate surface area is 60.2 Å². The van der Waals surface area contributed by atoms with Gasteiger partial charge in [-0.05, 0) is 20.8 Å². The van der Waals surface area contributed by atoms with Crippen molar-refractivity contribution >= 4 is 0 Å². The smallest absolute Gasteiger partial charge is 0.213 e. The van der Waals surface area contributed by atoms with Gasteiger partial charge in [0.25, 0.3) is 0 Å². The highest BCUT2D eigenvalue weighted by Gasteiger charge is 2.19. The lowest BCUT2D eigenvalue weighted by Crippen LogP contribution is -2.28. The quantitative estimate of drug-likeness (QED) is 0.637. The predicted molar refractivity (Wildman–Crippen MR) is 38.5 cm³/mol. The third-order valence-corrected chi connectivity index (χ3v) is 1.17. The van der Waals surface area contributed by atoms with Crippen LogP contribution in [0.25, 0.3) is 0 Å². The van der Waals surface area contributed by atoms with Crippen LogP contribution in [0.2, 0.25) is 0 Å². The molecule has 0 aliphatic carbocycles. The average molecular weight is 140 g/mol. The predicted octanol–water partition coefficient (Wildman–Crippen LogP) is 1.18. The molecule has 0 amide bonds. The van der Waals surface area contributed by atoms with E-state index in [1.807, 2.05) is 20.8 Å². The first-order chi connectivity index (χ1) is 4.50. The Morgan fingerprint density at radius 1 is 1.60 bits per heavy atom. The molecule has 56 valence electrons. The summed E-state index contributed by atoms with van der Waals surface area (Å²) in [5, 5.41) is 0. The van der Waals surface area contributed by atoms with Gasteiger partial charge >= 0.3 is 0 Å². The fourth-order valence-electron chi connectivity index (χ4n) is 0.650. The highest BCUT2D eigenvalue weighted by molar-refractivity contribution is 5.01. The van der Waals surface area contributed by atoms with Gasteiger partial charge < -0.3 is 10.2 Å². The lowest BCUT2D eigenvalue weighted by Gasteiger charge is -2.11. The monoisotopic (exact) mass is 140 g/mol. The SMILES string of the molecule is Cc1coc(C(C)(C)N)n1. The Kier molecular flexibility index (Phi) is 1.52. The summed E-state index contributed by atoms with van der Waals surface area (Å²) in [6.45, 7) is 5.59. The molecule has 1 aromatic rings. The Balaban J connectivity index is 2.96. The summed E-state index contributed by atoms with van der Waals surface area (Å²) in [6.07, 6.45) is 1.60. The molecule has 0 fully saturated rings. The molecule has 2 N–H and O–H groups in total. The summed E-state index contributed by atoms with van der Waals surface area (Å²) >= 11 is 0. The number of hydrogen-bond acceptors (Lipinski definition) is 3. The topological polar surface area (TPSA) is 52.0 Å². The second kappa shape index (κ2) is 2.09. The van der Waals surface area contributed by atoms with Gasteiger partial charge in [-0.2, -0.15) is 0 Å². The van der Waals surface area contributed by atoms with E-state index in [2.05, 4.69) is 4.98 Å². The molecule has 3 heteroatoms. The summed E-state index contributed by atoms with van der Waals surface area (Å²) in [5.41, 5.74) is 6.12. The minimum atomic E-state index is -0.464. The van der Waals surface area contributed by atoms with E-state index in [1.165, 1.54) is 0 Å². The number of hydrogen-bond donors (Lipinski definition) is 1. The van der Waals surface area contributed by atoms with Gasteiger partial charge in [0.15, 0.2) is 0 Å². The van der Waals surface area contributed by atoms with Crippen LogP contribution in [0.1, 0.15) is 25.4 Å². The summed E-state index contributed by atoms with van der Waals surface area (Å²) in [6, 6.07) is 0. The van der Waals surface area contributed by atoms with Crippen molar-refractivity contribution in [3.63, 3.8) is 0 Å². The van der Waals surface area contributed by atoms with Gasteiger partial charge in [-0.25, -0.2) is 4.98 Å². The minimum Gasteiger partial charge on any atom is -0.447 e. The van der Waals surface area contributed by atoms with Crippen molar-refractivity contribution in [2.24, 2.45) is 5.73 Å². The third-order valence-electron chi connectivity index (χ3n) is 1.17. The van der Waals surface area contributed by atoms with E-state index in [0.29, 0.717) is 5.89 Å². The molecule has 3 nitrogen and oxygen atoms in total. The highest BCUT2D eigenvalue weighted by Crippen LogP contribution is 2.14. The van der Waals surface area contributed by atoms with Crippen LogP contribution in [0.15, 0.2) is 10.7 Å². The van der Waals surface area contributed by atoms with Crippen LogP contribution in [0.4, 0.5) is 0 Å². The Morgan fingerprint density at radius 3 is 2.40 bits per heavy atom. The fraction of sp³-hybridized carbons (Fsp3) is 0.571. The first kappa shape index (κ1) is 7.28. The van der Waals surface area contributed by atoms with E-state index < -0.39 is 5.54 Å². The van der Waals surface area contributed by atoms with E-state index in [1.54, 1.807) is 6.26 Å². The van der Waals surface area contributed by atoms with Gasteiger partial charge in [0.1, 0.15) is 6.26 Å². The van der Waals surface area contributed by atoms with Crippen LogP contribution in [0.3, 0.4) is 0 Å². The van der Waals surface area contributed by atoms with Crippen molar-refractivity contribution < 1.29 is 4.42 Å². The van der Waals surface area contributed by atoms with Crippen molar-refractivity contribution in [1.82, 2.24) is 4.98 Å². The first-order valence-corrected chi connectivity index (χ1v) is 3.21. The lowest BCUT2D eigenvalue weighted by molar-refractivity contribution is 0.378. The molecule has 0 unspecified atom stereocenters. The molecule has 10 heavy (non-hydrogen) atoms. The van der Waals surface area contributed by atoms with Crippen molar-refractivity contribution in [1.29, 1.82) is 0 Å². The normalized spacial score (nSPS) is 12.0. The van der Waals surface area contributed by atoms with Crippen LogP contribution in [-0.4, -0.2) is 4.98 Å². The molecule has 0 atom stereocenters. The van der Waals surface area contributed by atoms with Gasteiger partial charge in [-0.3, -0.25) is 0 Å². The van der Waals surface area contributed by atoms with E-state index in [0.717, 1.165) is 5.69 Å². The molecule has 0 aliphatic rings. The number of aryl methyl sites for hydroxylation is 1. The second-order valence-electron chi connectivity index (χ2n) is 3.02. The van der Waals surface area contributed by atoms with E-state index in [9.17, 15) is 0 Å². The zero-order valence-electron chi connectivity index (χ0n) is 6.51. The molecule has 1 rings (SSSR count). The Bertz CT molecular complexity index is 222. The van der Waals surface area contributed by atoms with Gasteiger partial charge in [-0.1, -0.05) is 0 Å². The molecule has 0 aromatic carbocycles. The third kappa shape index (κ3) is 1.36. The molecular formula is C7H12N2O. The second-order valence-corrected chi connectivity index (χ2v) is 3.02. The molecule has 0 radical (unpaired) electrons. The maximum absolute atomic E-state index is 5.71. The Hall–Kier alpha value is -0.830. The Morgan fingerprint density at radius 2 is 2.20 bits per heavy atom. The summed E-state index contributed by atoms with van der Waals surface area (Å²) in [7, 11) is 0. The maximum Gasteiger partial charge on any atom is 0.213 e. The number of nitrogens with two attached hydrogens (primary N) is 1. The van der Waals surface area contributed by atoms with Crippen LogP contribution in [0.5, 0.6) is 0 Å². The zero-order chi connectivity index (χ0) is 7.78. The van der Waals surface area contributed by atoms with E-state index >= 15 is 0 Å². The summed E-state index contributed by atoms with van der Waals surface area (Å²) in [5.74, 6) is 0.588. The molecular weight excluding hydrogens is 128 g/mol. The average Bonchev–Trinajstić information content (AvgIpc) is 2.11. The standard InChI is InChI=1S/C7H12N2O/c1-5-4-10-6(9-5)7(2,3)8/h4H,8H2,1-3H3. The molecule has 0 bridgehead atoms. The van der Waals surface area contributed by atoms with Crippen LogP contribution < -0.4 is 5.73 Å². The molecule has 0 aliphatic heterocycles. The van der Waals surface area contributed by atoms with Crippen molar-refractivity contribution in [2.45, 2.75) is 26.3 Å². The summed E-state index contributed by atoms with van der Waals surface area (Å²) in [4.78, 5) is 4.09. The number of oxazole rings is 1. The van der Waals surface area contributed by atoms with E-state index in [4.69, 9.17) is 10.2 Å². The highest BCUT2D eigenvalue weighted by atomic mass is 16.3. The van der Waals surface area contributed by atoms with Crippen LogP contribution >= 0.6 is 0 Å². The van der Waals surface area contributed by atoms with E-state index in [-0.39, 0.29) is 0 Å². The number of rotatable bonds is 1. The van der Waals surface area contributed by atoms with Gasteiger partial charge in [-0.15, -0.1) is 0 Å². The van der Waals surface area contributed by atoms with Gasteiger partial charge in [0, 0.05) is 0 Å². The number of aromatic nitrogens is 1. The fourth-order valence-corrected chi connectivity index (χ4v) is 0.650. The molecule has 0 spiro atoms. The maximum atomic E-state index is 5.71. The van der Waals surface area contributed by atoms with Crippen LogP contribution in [0, 0.1) is 6.92 Å². The summed E-state index contributed by atoms with van der Waals surface area (Å²) < 4.78 is 5.09. The van der Waals surface area contributed by atoms with Gasteiger partial charge in [0.05, 0.1) is 11.2 Å². The van der Waals surface area contributed by atoms with Crippen molar-refractivity contribution in [2.75, 3.05) is 0 Å². The largest absolute Gasteiger partial charge is 0.447 e. The molecule has 1 heterocycles. The molecule has 0 saturated carbocycles. The van der Waals surface area contributed by atoms with Crippen molar-refractivity contribution in [3.05, 3.63) is 17.8 Å². The molecule has 0 saturated heterocycles. The lowest BCUT2D eigenvalue weighted by atomic mass is 10.1. The number of nitrogens with zero attached hydrogens (tertiary/aromatic N) is 1. The first-order valence-electron chi connectivity index (χ1n) is 3.21. The van der Waals surface area contributed by atoms with Gasteiger partial charge in [0.2, 0.25) is 5.89 Å². The molecule has 1 aromatic heterocycles.